The average molecular weight is 276 g/mol. The Bertz CT molecular complexity index is 521. The van der Waals surface area contributed by atoms with Gasteiger partial charge in [0.1, 0.15) is 11.6 Å². The molecule has 0 amide bonds. The van der Waals surface area contributed by atoms with Gasteiger partial charge in [-0.05, 0) is 25.1 Å². The number of hydrogen-bond acceptors (Lipinski definition) is 3. The summed E-state index contributed by atoms with van der Waals surface area (Å²) in [5.74, 6) is 0.723. The van der Waals surface area contributed by atoms with E-state index in [0.29, 0.717) is 0 Å². The Morgan fingerprint density at radius 2 is 2.15 bits per heavy atom. The predicted molar refractivity (Wildman–Crippen MR) is 76.8 cm³/mol. The number of pyridine rings is 1. The summed E-state index contributed by atoms with van der Waals surface area (Å²) in [5.41, 5.74) is 0.847. The zero-order chi connectivity index (χ0) is 14.4. The monoisotopic (exact) mass is 276 g/mol. The molecule has 2 aromatic heterocycles. The lowest BCUT2D eigenvalue weighted by molar-refractivity contribution is 0.503. The number of aromatic nitrogens is 3. The molecule has 0 aromatic carbocycles. The van der Waals surface area contributed by atoms with Crippen molar-refractivity contribution in [3.63, 3.8) is 0 Å². The Hall–Kier alpha value is -1.75. The van der Waals surface area contributed by atoms with Gasteiger partial charge in [-0.15, -0.1) is 0 Å². The van der Waals surface area contributed by atoms with Crippen molar-refractivity contribution in [2.75, 3.05) is 6.54 Å². The van der Waals surface area contributed by atoms with Gasteiger partial charge < -0.3 is 9.88 Å². The molecule has 2 aromatic rings. The molecule has 0 bridgehead atoms. The molecular weight excluding hydrogens is 255 g/mol. The summed E-state index contributed by atoms with van der Waals surface area (Å²) in [7, 11) is 0. The van der Waals surface area contributed by atoms with Gasteiger partial charge in [-0.25, -0.2) is 9.37 Å². The molecule has 0 spiro atoms. The molecule has 0 saturated heterocycles. The van der Waals surface area contributed by atoms with Crippen LogP contribution in [0, 0.1) is 5.82 Å². The third-order valence-electron chi connectivity index (χ3n) is 3.21. The zero-order valence-electron chi connectivity index (χ0n) is 12.0. The Morgan fingerprint density at radius 3 is 2.80 bits per heavy atom. The van der Waals surface area contributed by atoms with Gasteiger partial charge in [0.25, 0.3) is 0 Å². The summed E-state index contributed by atoms with van der Waals surface area (Å²) >= 11 is 0. The lowest BCUT2D eigenvalue weighted by Gasteiger charge is -2.17. The maximum absolute atomic E-state index is 13.0. The second-order valence-corrected chi connectivity index (χ2v) is 4.75. The molecule has 0 aliphatic rings. The highest BCUT2D eigenvalue weighted by molar-refractivity contribution is 5.12. The second kappa shape index (κ2) is 7.14. The fourth-order valence-corrected chi connectivity index (χ4v) is 2.28. The van der Waals surface area contributed by atoms with Crippen molar-refractivity contribution < 1.29 is 4.39 Å². The zero-order valence-corrected chi connectivity index (χ0v) is 12.0. The number of imidazole rings is 1. The normalized spacial score (nSPS) is 12.6. The number of rotatable bonds is 7. The smallest absolute Gasteiger partial charge is 0.141 e. The average Bonchev–Trinajstić information content (AvgIpc) is 2.87. The van der Waals surface area contributed by atoms with Crippen LogP contribution in [-0.4, -0.2) is 21.1 Å². The predicted octanol–water partition coefficient (Wildman–Crippen LogP) is 2.72. The first-order chi connectivity index (χ1) is 9.74. The lowest BCUT2D eigenvalue weighted by atomic mass is 10.1. The molecule has 0 aliphatic heterocycles. The van der Waals surface area contributed by atoms with Gasteiger partial charge in [-0.2, -0.15) is 0 Å². The molecular formula is C15H21FN4. The summed E-state index contributed by atoms with van der Waals surface area (Å²) in [4.78, 5) is 8.60. The van der Waals surface area contributed by atoms with Gasteiger partial charge in [0.2, 0.25) is 0 Å². The minimum Gasteiger partial charge on any atom is -0.335 e. The SMILES string of the molecule is CCCn1ccnc1CC(NCC)c1ccc(F)cn1. The summed E-state index contributed by atoms with van der Waals surface area (Å²) in [6.07, 6.45) is 6.91. The molecule has 20 heavy (non-hydrogen) atoms. The van der Waals surface area contributed by atoms with Crippen LogP contribution in [0.2, 0.25) is 0 Å². The van der Waals surface area contributed by atoms with Gasteiger partial charge in [0, 0.05) is 25.4 Å². The van der Waals surface area contributed by atoms with E-state index in [4.69, 9.17) is 0 Å². The first-order valence-corrected chi connectivity index (χ1v) is 7.09. The molecule has 4 nitrogen and oxygen atoms in total. The standard InChI is InChI=1S/C15H21FN4/c1-3-8-20-9-7-18-15(20)10-14(17-4-2)13-6-5-12(16)11-19-13/h5-7,9,11,14,17H,3-4,8,10H2,1-2H3. The summed E-state index contributed by atoms with van der Waals surface area (Å²) in [6.45, 7) is 5.99. The summed E-state index contributed by atoms with van der Waals surface area (Å²) < 4.78 is 15.1. The van der Waals surface area contributed by atoms with Crippen molar-refractivity contribution in [1.29, 1.82) is 0 Å². The molecule has 0 radical (unpaired) electrons. The second-order valence-electron chi connectivity index (χ2n) is 4.75. The fraction of sp³-hybridized carbons (Fsp3) is 0.467. The van der Waals surface area contributed by atoms with Crippen LogP contribution in [-0.2, 0) is 13.0 Å². The molecule has 0 fully saturated rings. The number of hydrogen-bond donors (Lipinski definition) is 1. The van der Waals surface area contributed by atoms with Gasteiger partial charge in [-0.3, -0.25) is 4.98 Å². The van der Waals surface area contributed by atoms with Crippen LogP contribution in [0.4, 0.5) is 4.39 Å². The Balaban J connectivity index is 2.16. The van der Waals surface area contributed by atoms with Crippen molar-refractivity contribution in [2.24, 2.45) is 0 Å². The van der Waals surface area contributed by atoms with E-state index < -0.39 is 0 Å². The maximum atomic E-state index is 13.0. The molecule has 5 heteroatoms. The van der Waals surface area contributed by atoms with Gasteiger partial charge in [-0.1, -0.05) is 13.8 Å². The van der Waals surface area contributed by atoms with Gasteiger partial charge in [0.15, 0.2) is 0 Å². The van der Waals surface area contributed by atoms with Crippen molar-refractivity contribution in [1.82, 2.24) is 19.9 Å². The number of nitrogens with one attached hydrogen (secondary N) is 1. The van der Waals surface area contributed by atoms with E-state index >= 15 is 0 Å². The molecule has 0 saturated carbocycles. The van der Waals surface area contributed by atoms with E-state index in [9.17, 15) is 4.39 Å². The van der Waals surface area contributed by atoms with E-state index in [1.165, 1.54) is 12.3 Å². The van der Waals surface area contributed by atoms with Crippen LogP contribution in [0.5, 0.6) is 0 Å². The Morgan fingerprint density at radius 1 is 1.30 bits per heavy atom. The van der Waals surface area contributed by atoms with Crippen molar-refractivity contribution in [3.8, 4) is 0 Å². The van der Waals surface area contributed by atoms with E-state index in [0.717, 1.165) is 37.4 Å². The highest BCUT2D eigenvalue weighted by Gasteiger charge is 2.15. The summed E-state index contributed by atoms with van der Waals surface area (Å²) in [5, 5.41) is 3.39. The molecule has 2 rings (SSSR count). The highest BCUT2D eigenvalue weighted by atomic mass is 19.1. The fourth-order valence-electron chi connectivity index (χ4n) is 2.28. The first kappa shape index (κ1) is 14.7. The van der Waals surface area contributed by atoms with Crippen molar-refractivity contribution >= 4 is 0 Å². The van der Waals surface area contributed by atoms with E-state index in [-0.39, 0.29) is 11.9 Å². The molecule has 1 atom stereocenters. The minimum absolute atomic E-state index is 0.0543. The van der Waals surface area contributed by atoms with Gasteiger partial charge in [0.05, 0.1) is 17.9 Å². The van der Waals surface area contributed by atoms with Crippen molar-refractivity contribution in [2.45, 2.75) is 39.3 Å². The van der Waals surface area contributed by atoms with Crippen LogP contribution in [0.25, 0.3) is 0 Å². The first-order valence-electron chi connectivity index (χ1n) is 7.09. The molecule has 0 aliphatic carbocycles. The van der Waals surface area contributed by atoms with Gasteiger partial charge >= 0.3 is 0 Å². The lowest BCUT2D eigenvalue weighted by Crippen LogP contribution is -2.25. The van der Waals surface area contributed by atoms with Crippen LogP contribution in [0.1, 0.15) is 37.8 Å². The molecule has 1 N–H and O–H groups in total. The third kappa shape index (κ3) is 3.63. The van der Waals surface area contributed by atoms with Crippen LogP contribution in [0.15, 0.2) is 30.7 Å². The Kier molecular flexibility index (Phi) is 5.24. The van der Waals surface area contributed by atoms with Crippen molar-refractivity contribution in [3.05, 3.63) is 48.1 Å². The van der Waals surface area contributed by atoms with E-state index in [1.54, 1.807) is 6.07 Å². The number of nitrogens with zero attached hydrogens (tertiary/aromatic N) is 3. The van der Waals surface area contributed by atoms with Crippen LogP contribution in [0.3, 0.4) is 0 Å². The van der Waals surface area contributed by atoms with Crippen LogP contribution >= 0.6 is 0 Å². The minimum atomic E-state index is -0.309. The Labute approximate surface area is 119 Å². The van der Waals surface area contributed by atoms with E-state index in [1.807, 2.05) is 12.4 Å². The topological polar surface area (TPSA) is 42.7 Å². The van der Waals surface area contributed by atoms with Crippen LogP contribution < -0.4 is 5.32 Å². The molecule has 2 heterocycles. The third-order valence-corrected chi connectivity index (χ3v) is 3.21. The number of likely N-dealkylation sites (N-methyl/N-ethyl adjacent to an activating group) is 1. The molecule has 1 unspecified atom stereocenters. The number of halogens is 1. The maximum Gasteiger partial charge on any atom is 0.141 e. The number of aryl methyl sites for hydroxylation is 1. The van der Waals surface area contributed by atoms with E-state index in [2.05, 4.69) is 33.7 Å². The quantitative estimate of drug-likeness (QED) is 0.845. The molecule has 108 valence electrons. The largest absolute Gasteiger partial charge is 0.335 e. The highest BCUT2D eigenvalue weighted by Crippen LogP contribution is 2.16. The summed E-state index contributed by atoms with van der Waals surface area (Å²) in [6, 6.07) is 3.24.